The summed E-state index contributed by atoms with van der Waals surface area (Å²) in [5.74, 6) is 1.15. The van der Waals surface area contributed by atoms with Crippen molar-refractivity contribution >= 4 is 22.8 Å². The zero-order chi connectivity index (χ0) is 16.5. The summed E-state index contributed by atoms with van der Waals surface area (Å²) in [6.07, 6.45) is 4.44. The highest BCUT2D eigenvalue weighted by Gasteiger charge is 2.29. The van der Waals surface area contributed by atoms with Crippen LogP contribution in [0.5, 0.6) is 0 Å². The Balaban J connectivity index is 1.48. The van der Waals surface area contributed by atoms with Crippen molar-refractivity contribution < 1.29 is 4.79 Å². The predicted octanol–water partition coefficient (Wildman–Crippen LogP) is 1.76. The third kappa shape index (κ3) is 2.77. The van der Waals surface area contributed by atoms with Crippen LogP contribution in [0, 0.1) is 5.92 Å². The van der Waals surface area contributed by atoms with Gasteiger partial charge in [0, 0.05) is 32.1 Å². The highest BCUT2D eigenvalue weighted by molar-refractivity contribution is 5.80. The first-order valence-electron chi connectivity index (χ1n) is 8.75. The van der Waals surface area contributed by atoms with Crippen molar-refractivity contribution in [1.29, 1.82) is 0 Å². The van der Waals surface area contributed by atoms with Gasteiger partial charge in [0.25, 0.3) is 5.56 Å². The molecule has 1 N–H and O–H groups in total. The minimum atomic E-state index is -0.111. The molecular weight excluding hydrogens is 304 g/mol. The van der Waals surface area contributed by atoms with Gasteiger partial charge in [-0.25, -0.2) is 4.98 Å². The highest BCUT2D eigenvalue weighted by Crippen LogP contribution is 2.27. The molecule has 1 aromatic heterocycles. The maximum Gasteiger partial charge on any atom is 0.260 e. The first kappa shape index (κ1) is 15.2. The standard InChI is InChI=1S/C18H22N4O2/c23-16-14-7-3-4-8-15(14)19-18(20-16)22-11-9-21(10-12-22)17(24)13-5-1-2-6-13/h3-4,7-8,13H,1-2,5-6,9-12H2,(H,19,20,23). The first-order chi connectivity index (χ1) is 11.7. The molecule has 0 unspecified atom stereocenters. The molecule has 1 amide bonds. The van der Waals surface area contributed by atoms with Crippen LogP contribution in [-0.4, -0.2) is 47.0 Å². The fourth-order valence-corrected chi connectivity index (χ4v) is 3.79. The SMILES string of the molecule is O=C(C1CCCC1)N1CCN(c2nc3ccccc3c(=O)[nH]2)CC1. The maximum absolute atomic E-state index is 12.5. The van der Waals surface area contributed by atoms with E-state index in [9.17, 15) is 9.59 Å². The van der Waals surface area contributed by atoms with Gasteiger partial charge in [-0.1, -0.05) is 25.0 Å². The van der Waals surface area contributed by atoms with Crippen LogP contribution < -0.4 is 10.5 Å². The summed E-state index contributed by atoms with van der Waals surface area (Å²) >= 11 is 0. The van der Waals surface area contributed by atoms with Gasteiger partial charge in [-0.15, -0.1) is 0 Å². The van der Waals surface area contributed by atoms with E-state index in [1.54, 1.807) is 6.07 Å². The number of aromatic nitrogens is 2. The van der Waals surface area contributed by atoms with Gasteiger partial charge in [-0.05, 0) is 25.0 Å². The van der Waals surface area contributed by atoms with Gasteiger partial charge in [-0.2, -0.15) is 0 Å². The van der Waals surface area contributed by atoms with E-state index in [-0.39, 0.29) is 11.5 Å². The van der Waals surface area contributed by atoms with Gasteiger partial charge in [0.05, 0.1) is 10.9 Å². The van der Waals surface area contributed by atoms with E-state index >= 15 is 0 Å². The second-order valence-electron chi connectivity index (χ2n) is 6.70. The molecule has 2 aliphatic rings. The number of piperazine rings is 1. The number of carbonyl (C=O) groups excluding carboxylic acids is 1. The first-order valence-corrected chi connectivity index (χ1v) is 8.75. The van der Waals surface area contributed by atoms with Crippen molar-refractivity contribution in [2.75, 3.05) is 31.1 Å². The molecule has 2 heterocycles. The number of fused-ring (bicyclic) bond motifs is 1. The number of benzene rings is 1. The number of nitrogens with one attached hydrogen (secondary N) is 1. The fourth-order valence-electron chi connectivity index (χ4n) is 3.79. The Morgan fingerprint density at radius 1 is 1.08 bits per heavy atom. The quantitative estimate of drug-likeness (QED) is 0.913. The average molecular weight is 326 g/mol. The number of rotatable bonds is 2. The van der Waals surface area contributed by atoms with E-state index in [1.165, 1.54) is 12.8 Å². The van der Waals surface area contributed by atoms with Gasteiger partial charge in [0.2, 0.25) is 11.9 Å². The molecule has 2 aromatic rings. The fraction of sp³-hybridized carbons (Fsp3) is 0.500. The minimum Gasteiger partial charge on any atom is -0.339 e. The Morgan fingerprint density at radius 3 is 2.54 bits per heavy atom. The number of nitrogens with zero attached hydrogens (tertiary/aromatic N) is 3. The van der Waals surface area contributed by atoms with E-state index in [2.05, 4.69) is 14.9 Å². The van der Waals surface area contributed by atoms with Gasteiger partial charge >= 0.3 is 0 Å². The molecule has 0 atom stereocenters. The summed E-state index contributed by atoms with van der Waals surface area (Å²) in [5, 5.41) is 0.608. The van der Waals surface area contributed by atoms with E-state index in [0.29, 0.717) is 48.9 Å². The van der Waals surface area contributed by atoms with E-state index in [0.717, 1.165) is 12.8 Å². The second kappa shape index (κ2) is 6.26. The molecule has 6 nitrogen and oxygen atoms in total. The number of carbonyl (C=O) groups is 1. The molecule has 0 bridgehead atoms. The smallest absolute Gasteiger partial charge is 0.260 e. The number of hydrogen-bond acceptors (Lipinski definition) is 4. The number of H-pyrrole nitrogens is 1. The number of hydrogen-bond donors (Lipinski definition) is 1. The number of amides is 1. The van der Waals surface area contributed by atoms with Crippen LogP contribution in [0.2, 0.25) is 0 Å². The lowest BCUT2D eigenvalue weighted by atomic mass is 10.1. The molecule has 2 fully saturated rings. The molecule has 1 saturated carbocycles. The van der Waals surface area contributed by atoms with Crippen molar-refractivity contribution in [1.82, 2.24) is 14.9 Å². The Labute approximate surface area is 140 Å². The van der Waals surface area contributed by atoms with Crippen molar-refractivity contribution in [2.45, 2.75) is 25.7 Å². The molecule has 1 aromatic carbocycles. The molecule has 126 valence electrons. The molecule has 1 aliphatic carbocycles. The summed E-state index contributed by atoms with van der Waals surface area (Å²) in [5.41, 5.74) is 0.598. The van der Waals surface area contributed by atoms with Gasteiger partial charge in [-0.3, -0.25) is 14.6 Å². The Hall–Kier alpha value is -2.37. The summed E-state index contributed by atoms with van der Waals surface area (Å²) in [6, 6.07) is 7.36. The van der Waals surface area contributed by atoms with E-state index < -0.39 is 0 Å². The molecule has 0 spiro atoms. The molecule has 1 aliphatic heterocycles. The zero-order valence-corrected chi connectivity index (χ0v) is 13.7. The van der Waals surface area contributed by atoms with Crippen molar-refractivity contribution in [3.05, 3.63) is 34.6 Å². The van der Waals surface area contributed by atoms with Crippen LogP contribution >= 0.6 is 0 Å². The summed E-state index contributed by atoms with van der Waals surface area (Å²) in [6.45, 7) is 2.82. The van der Waals surface area contributed by atoms with Crippen LogP contribution in [-0.2, 0) is 4.79 Å². The van der Waals surface area contributed by atoms with Crippen LogP contribution in [0.1, 0.15) is 25.7 Å². The lowest BCUT2D eigenvalue weighted by Crippen LogP contribution is -2.50. The maximum atomic E-state index is 12.5. The lowest BCUT2D eigenvalue weighted by molar-refractivity contribution is -0.135. The zero-order valence-electron chi connectivity index (χ0n) is 13.7. The summed E-state index contributed by atoms with van der Waals surface area (Å²) < 4.78 is 0. The number of anilines is 1. The predicted molar refractivity (Wildman–Crippen MR) is 93.1 cm³/mol. The highest BCUT2D eigenvalue weighted by atomic mass is 16.2. The van der Waals surface area contributed by atoms with Crippen molar-refractivity contribution in [3.8, 4) is 0 Å². The Bertz CT molecular complexity index is 802. The van der Waals surface area contributed by atoms with Crippen LogP contribution in [0.3, 0.4) is 0 Å². The molecule has 4 rings (SSSR count). The normalized spacial score (nSPS) is 19.2. The van der Waals surface area contributed by atoms with Crippen molar-refractivity contribution in [3.63, 3.8) is 0 Å². The molecule has 24 heavy (non-hydrogen) atoms. The summed E-state index contributed by atoms with van der Waals surface area (Å²) in [4.78, 5) is 36.2. The third-order valence-corrected chi connectivity index (χ3v) is 5.20. The largest absolute Gasteiger partial charge is 0.339 e. The molecule has 6 heteroatoms. The second-order valence-corrected chi connectivity index (χ2v) is 6.70. The molecule has 1 saturated heterocycles. The Morgan fingerprint density at radius 2 is 1.79 bits per heavy atom. The van der Waals surface area contributed by atoms with Gasteiger partial charge in [0.1, 0.15) is 0 Å². The van der Waals surface area contributed by atoms with E-state index in [1.807, 2.05) is 23.1 Å². The van der Waals surface area contributed by atoms with Gasteiger partial charge < -0.3 is 9.80 Å². The van der Waals surface area contributed by atoms with Crippen LogP contribution in [0.15, 0.2) is 29.1 Å². The lowest BCUT2D eigenvalue weighted by Gasteiger charge is -2.36. The third-order valence-electron chi connectivity index (χ3n) is 5.20. The molecule has 0 radical (unpaired) electrons. The number of aromatic amines is 1. The average Bonchev–Trinajstić information content (AvgIpc) is 3.16. The van der Waals surface area contributed by atoms with E-state index in [4.69, 9.17) is 0 Å². The van der Waals surface area contributed by atoms with Crippen LogP contribution in [0.25, 0.3) is 10.9 Å². The molecular formula is C18H22N4O2. The van der Waals surface area contributed by atoms with Crippen molar-refractivity contribution in [2.24, 2.45) is 5.92 Å². The Kier molecular flexibility index (Phi) is 3.96. The van der Waals surface area contributed by atoms with Crippen LogP contribution in [0.4, 0.5) is 5.95 Å². The minimum absolute atomic E-state index is 0.111. The number of para-hydroxylation sites is 1. The summed E-state index contributed by atoms with van der Waals surface area (Å²) in [7, 11) is 0. The van der Waals surface area contributed by atoms with Gasteiger partial charge in [0.15, 0.2) is 0 Å². The topological polar surface area (TPSA) is 69.3 Å². The monoisotopic (exact) mass is 326 g/mol.